The van der Waals surface area contributed by atoms with Gasteiger partial charge in [-0.25, -0.2) is 0 Å². The number of aromatic nitrogens is 3. The molecule has 1 heterocycles. The van der Waals surface area contributed by atoms with E-state index in [1.165, 1.54) is 5.56 Å². The van der Waals surface area contributed by atoms with Gasteiger partial charge in [-0.2, -0.15) is 0 Å². The van der Waals surface area contributed by atoms with Gasteiger partial charge in [0, 0.05) is 39.7 Å². The summed E-state index contributed by atoms with van der Waals surface area (Å²) in [6, 6.07) is 10.4. The zero-order valence-electron chi connectivity index (χ0n) is 16.5. The Balaban J connectivity index is 1.47. The molecule has 1 aromatic carbocycles. The predicted molar refractivity (Wildman–Crippen MR) is 109 cm³/mol. The summed E-state index contributed by atoms with van der Waals surface area (Å²) in [5.41, 5.74) is 1.33. The van der Waals surface area contributed by atoms with Crippen molar-refractivity contribution >= 4 is 5.96 Å². The van der Waals surface area contributed by atoms with Crippen molar-refractivity contribution in [3.8, 4) is 0 Å². The molecule has 0 fully saturated rings. The summed E-state index contributed by atoms with van der Waals surface area (Å²) in [6.45, 7) is 6.16. The van der Waals surface area contributed by atoms with E-state index in [0.717, 1.165) is 70.3 Å². The molecule has 2 rings (SSSR count). The van der Waals surface area contributed by atoms with Crippen LogP contribution in [-0.2, 0) is 24.1 Å². The van der Waals surface area contributed by atoms with Crippen LogP contribution >= 0.6 is 0 Å². The molecule has 0 bridgehead atoms. The highest BCUT2D eigenvalue weighted by atomic mass is 16.5. The Morgan fingerprint density at radius 1 is 1.11 bits per heavy atom. The van der Waals surface area contributed by atoms with Gasteiger partial charge in [-0.15, -0.1) is 10.2 Å². The number of aryl methyl sites for hydroxylation is 1. The SMILES string of the molecule is CCc1nncn1CCNC(=NC)NCCCCOCCc1ccccc1. The highest BCUT2D eigenvalue weighted by molar-refractivity contribution is 5.79. The van der Waals surface area contributed by atoms with Crippen LogP contribution in [0.2, 0.25) is 0 Å². The fourth-order valence-corrected chi connectivity index (χ4v) is 2.73. The summed E-state index contributed by atoms with van der Waals surface area (Å²) in [5, 5.41) is 14.7. The molecule has 0 atom stereocenters. The van der Waals surface area contributed by atoms with Gasteiger partial charge in [0.25, 0.3) is 0 Å². The summed E-state index contributed by atoms with van der Waals surface area (Å²) < 4.78 is 7.77. The molecule has 0 radical (unpaired) electrons. The third-order valence-corrected chi connectivity index (χ3v) is 4.27. The number of benzene rings is 1. The highest BCUT2D eigenvalue weighted by Gasteiger charge is 2.02. The van der Waals surface area contributed by atoms with Gasteiger partial charge in [-0.1, -0.05) is 37.3 Å². The Labute approximate surface area is 162 Å². The topological polar surface area (TPSA) is 76.4 Å². The van der Waals surface area contributed by atoms with Crippen molar-refractivity contribution < 1.29 is 4.74 Å². The van der Waals surface area contributed by atoms with E-state index < -0.39 is 0 Å². The van der Waals surface area contributed by atoms with E-state index in [4.69, 9.17) is 4.74 Å². The number of hydrogen-bond donors (Lipinski definition) is 2. The number of aliphatic imine (C=N–C) groups is 1. The second kappa shape index (κ2) is 12.9. The maximum absolute atomic E-state index is 5.71. The van der Waals surface area contributed by atoms with E-state index in [2.05, 4.69) is 61.6 Å². The third kappa shape index (κ3) is 8.21. The van der Waals surface area contributed by atoms with Crippen LogP contribution in [0.5, 0.6) is 0 Å². The van der Waals surface area contributed by atoms with Crippen LogP contribution in [0.1, 0.15) is 31.2 Å². The Kier molecular flexibility index (Phi) is 9.96. The van der Waals surface area contributed by atoms with Gasteiger partial charge in [-0.05, 0) is 24.8 Å². The second-order valence-corrected chi connectivity index (χ2v) is 6.27. The number of nitrogens with zero attached hydrogens (tertiary/aromatic N) is 4. The van der Waals surface area contributed by atoms with E-state index in [-0.39, 0.29) is 0 Å². The number of ether oxygens (including phenoxy) is 1. The molecule has 2 N–H and O–H groups in total. The van der Waals surface area contributed by atoms with E-state index in [0.29, 0.717) is 0 Å². The molecule has 7 heteroatoms. The number of hydrogen-bond acceptors (Lipinski definition) is 4. The Morgan fingerprint density at radius 2 is 1.93 bits per heavy atom. The fourth-order valence-electron chi connectivity index (χ4n) is 2.73. The van der Waals surface area contributed by atoms with Crippen molar-refractivity contribution in [3.05, 3.63) is 48.0 Å². The molecule has 0 saturated carbocycles. The van der Waals surface area contributed by atoms with E-state index >= 15 is 0 Å². The minimum Gasteiger partial charge on any atom is -0.381 e. The summed E-state index contributed by atoms with van der Waals surface area (Å²) in [5.74, 6) is 1.83. The van der Waals surface area contributed by atoms with Crippen molar-refractivity contribution in [3.63, 3.8) is 0 Å². The van der Waals surface area contributed by atoms with Crippen molar-refractivity contribution in [2.24, 2.45) is 4.99 Å². The Hall–Kier alpha value is -2.41. The summed E-state index contributed by atoms with van der Waals surface area (Å²) in [6.07, 6.45) is 5.73. The van der Waals surface area contributed by atoms with Crippen molar-refractivity contribution in [2.75, 3.05) is 33.4 Å². The molecule has 0 saturated heterocycles. The lowest BCUT2D eigenvalue weighted by Crippen LogP contribution is -2.39. The van der Waals surface area contributed by atoms with E-state index in [9.17, 15) is 0 Å². The lowest BCUT2D eigenvalue weighted by molar-refractivity contribution is 0.133. The first-order valence-electron chi connectivity index (χ1n) is 9.76. The molecule has 27 heavy (non-hydrogen) atoms. The Morgan fingerprint density at radius 3 is 2.70 bits per heavy atom. The van der Waals surface area contributed by atoms with Crippen molar-refractivity contribution in [1.29, 1.82) is 0 Å². The summed E-state index contributed by atoms with van der Waals surface area (Å²) in [4.78, 5) is 4.25. The molecular weight excluding hydrogens is 340 g/mol. The summed E-state index contributed by atoms with van der Waals surface area (Å²) in [7, 11) is 1.79. The molecule has 0 amide bonds. The highest BCUT2D eigenvalue weighted by Crippen LogP contribution is 2.00. The lowest BCUT2D eigenvalue weighted by Gasteiger charge is -2.12. The fraction of sp³-hybridized carbons (Fsp3) is 0.550. The van der Waals surface area contributed by atoms with E-state index in [1.54, 1.807) is 13.4 Å². The molecule has 7 nitrogen and oxygen atoms in total. The molecule has 0 aliphatic carbocycles. The predicted octanol–water partition coefficient (Wildman–Crippen LogP) is 2.05. The maximum atomic E-state index is 5.71. The van der Waals surface area contributed by atoms with Gasteiger partial charge in [0.15, 0.2) is 5.96 Å². The second-order valence-electron chi connectivity index (χ2n) is 6.27. The molecule has 0 aliphatic rings. The third-order valence-electron chi connectivity index (χ3n) is 4.27. The van der Waals surface area contributed by atoms with Gasteiger partial charge in [0.1, 0.15) is 12.2 Å². The number of unbranched alkanes of at least 4 members (excludes halogenated alkanes) is 1. The number of guanidine groups is 1. The zero-order valence-corrected chi connectivity index (χ0v) is 16.5. The number of nitrogens with one attached hydrogen (secondary N) is 2. The first-order valence-corrected chi connectivity index (χ1v) is 9.76. The van der Waals surface area contributed by atoms with Crippen LogP contribution in [0.15, 0.2) is 41.7 Å². The monoisotopic (exact) mass is 372 g/mol. The van der Waals surface area contributed by atoms with Gasteiger partial charge >= 0.3 is 0 Å². The molecule has 0 unspecified atom stereocenters. The molecule has 148 valence electrons. The quantitative estimate of drug-likeness (QED) is 0.339. The zero-order chi connectivity index (χ0) is 19.2. The molecule has 0 spiro atoms. The average Bonchev–Trinajstić information content (AvgIpc) is 3.16. The first-order chi connectivity index (χ1) is 13.3. The number of rotatable bonds is 12. The van der Waals surface area contributed by atoms with E-state index in [1.807, 2.05) is 6.07 Å². The molecule has 0 aliphatic heterocycles. The largest absolute Gasteiger partial charge is 0.381 e. The van der Waals surface area contributed by atoms with Gasteiger partial charge in [0.05, 0.1) is 6.61 Å². The smallest absolute Gasteiger partial charge is 0.191 e. The van der Waals surface area contributed by atoms with Gasteiger partial charge in [0.2, 0.25) is 0 Å². The van der Waals surface area contributed by atoms with Crippen LogP contribution in [-0.4, -0.2) is 54.1 Å². The Bertz CT molecular complexity index is 656. The average molecular weight is 373 g/mol. The molecule has 1 aromatic heterocycles. The minimum atomic E-state index is 0.781. The lowest BCUT2D eigenvalue weighted by atomic mass is 10.2. The molecular formula is C20H32N6O. The minimum absolute atomic E-state index is 0.781. The van der Waals surface area contributed by atoms with Crippen LogP contribution in [0.4, 0.5) is 0 Å². The molecule has 2 aromatic rings. The van der Waals surface area contributed by atoms with Crippen LogP contribution in [0.25, 0.3) is 0 Å². The first kappa shape index (κ1) is 20.9. The van der Waals surface area contributed by atoms with Gasteiger partial charge in [-0.3, -0.25) is 4.99 Å². The van der Waals surface area contributed by atoms with Gasteiger partial charge < -0.3 is 19.9 Å². The summed E-state index contributed by atoms with van der Waals surface area (Å²) >= 11 is 0. The van der Waals surface area contributed by atoms with Crippen LogP contribution in [0.3, 0.4) is 0 Å². The van der Waals surface area contributed by atoms with Crippen molar-refractivity contribution in [2.45, 2.75) is 39.2 Å². The van der Waals surface area contributed by atoms with Crippen LogP contribution in [0, 0.1) is 0 Å². The van der Waals surface area contributed by atoms with Crippen LogP contribution < -0.4 is 10.6 Å². The van der Waals surface area contributed by atoms with Crippen molar-refractivity contribution in [1.82, 2.24) is 25.4 Å². The standard InChI is InChI=1S/C20H32N6O/c1-3-19-25-24-17-26(19)14-13-23-20(21-2)22-12-7-8-15-27-16-11-18-9-5-4-6-10-18/h4-6,9-10,17H,3,7-8,11-16H2,1-2H3,(H2,21,22,23). The maximum Gasteiger partial charge on any atom is 0.191 e. The normalized spacial score (nSPS) is 11.6.